The number of carbonyl (C=O) groups is 1. The van der Waals surface area contributed by atoms with E-state index in [1.807, 2.05) is 13.8 Å². The van der Waals surface area contributed by atoms with Crippen molar-refractivity contribution in [3.8, 4) is 0 Å². The van der Waals surface area contributed by atoms with Gasteiger partial charge in [0.05, 0.1) is 6.54 Å². The molecule has 0 aliphatic carbocycles. The predicted molar refractivity (Wildman–Crippen MR) is 72.1 cm³/mol. The van der Waals surface area contributed by atoms with E-state index in [9.17, 15) is 4.79 Å². The zero-order chi connectivity index (χ0) is 13.7. The molecule has 0 atom stereocenters. The smallest absolute Gasteiger partial charge is 0.242 e. The van der Waals surface area contributed by atoms with Crippen LogP contribution in [-0.4, -0.2) is 47.5 Å². The lowest BCUT2D eigenvalue weighted by atomic mass is 10.4. The summed E-state index contributed by atoms with van der Waals surface area (Å²) in [7, 11) is 1.77. The van der Waals surface area contributed by atoms with Crippen molar-refractivity contribution in [2.45, 2.75) is 13.8 Å². The highest BCUT2D eigenvalue weighted by Gasteiger charge is 2.14. The average Bonchev–Trinajstić information content (AvgIpc) is 2.29. The molecule has 0 unspecified atom stereocenters. The van der Waals surface area contributed by atoms with Crippen molar-refractivity contribution >= 4 is 23.5 Å². The summed E-state index contributed by atoms with van der Waals surface area (Å²) in [6, 6.07) is 1.59. The molecule has 0 aliphatic heterocycles. The minimum absolute atomic E-state index is 0.0401. The third-order valence-corrected chi connectivity index (χ3v) is 2.63. The maximum Gasteiger partial charge on any atom is 0.242 e. The standard InChI is InChI=1S/C11H20N6O/c1-4-17(5-2)10(18)7-16(3)9-6-8(12)14-11(13)15-9/h6H,4-5,7H2,1-3H3,(H4,12,13,14,15). The maximum atomic E-state index is 11.9. The van der Waals surface area contributed by atoms with E-state index in [-0.39, 0.29) is 18.4 Å². The molecule has 0 saturated carbocycles. The van der Waals surface area contributed by atoms with Gasteiger partial charge in [-0.1, -0.05) is 0 Å². The van der Waals surface area contributed by atoms with Crippen molar-refractivity contribution in [2.24, 2.45) is 0 Å². The molecule has 18 heavy (non-hydrogen) atoms. The fraction of sp³-hybridized carbons (Fsp3) is 0.545. The zero-order valence-corrected chi connectivity index (χ0v) is 11.1. The molecule has 7 nitrogen and oxygen atoms in total. The van der Waals surface area contributed by atoms with Crippen LogP contribution in [0.4, 0.5) is 17.6 Å². The summed E-state index contributed by atoms with van der Waals surface area (Å²) in [6.45, 7) is 5.51. The van der Waals surface area contributed by atoms with Gasteiger partial charge >= 0.3 is 0 Å². The molecule has 0 radical (unpaired) electrons. The molecule has 1 aromatic rings. The number of hydrogen-bond donors (Lipinski definition) is 2. The third-order valence-electron chi connectivity index (χ3n) is 2.63. The molecule has 0 bridgehead atoms. The van der Waals surface area contributed by atoms with E-state index >= 15 is 0 Å². The van der Waals surface area contributed by atoms with Crippen molar-refractivity contribution in [1.29, 1.82) is 0 Å². The quantitative estimate of drug-likeness (QED) is 0.761. The average molecular weight is 252 g/mol. The lowest BCUT2D eigenvalue weighted by Gasteiger charge is -2.23. The second-order valence-electron chi connectivity index (χ2n) is 3.93. The van der Waals surface area contributed by atoms with E-state index in [0.29, 0.717) is 24.7 Å². The molecular formula is C11H20N6O. The van der Waals surface area contributed by atoms with Crippen LogP contribution < -0.4 is 16.4 Å². The van der Waals surface area contributed by atoms with Crippen LogP contribution in [0.2, 0.25) is 0 Å². The van der Waals surface area contributed by atoms with Crippen LogP contribution in [-0.2, 0) is 4.79 Å². The topological polar surface area (TPSA) is 101 Å². The molecule has 1 amide bonds. The number of likely N-dealkylation sites (N-methyl/N-ethyl adjacent to an activating group) is 2. The number of carbonyl (C=O) groups excluding carboxylic acids is 1. The van der Waals surface area contributed by atoms with Gasteiger partial charge in [-0.15, -0.1) is 0 Å². The van der Waals surface area contributed by atoms with Gasteiger partial charge in [-0.05, 0) is 13.8 Å². The Morgan fingerprint density at radius 1 is 1.28 bits per heavy atom. The number of nitrogens with two attached hydrogens (primary N) is 2. The molecule has 1 aromatic heterocycles. The first-order chi connectivity index (χ1) is 8.47. The van der Waals surface area contributed by atoms with E-state index in [4.69, 9.17) is 11.5 Å². The van der Waals surface area contributed by atoms with Crippen LogP contribution in [0, 0.1) is 0 Å². The minimum Gasteiger partial charge on any atom is -0.383 e. The first-order valence-corrected chi connectivity index (χ1v) is 5.86. The molecule has 0 aromatic carbocycles. The molecule has 100 valence electrons. The van der Waals surface area contributed by atoms with Gasteiger partial charge in [0.15, 0.2) is 0 Å². The van der Waals surface area contributed by atoms with Gasteiger partial charge in [0.25, 0.3) is 0 Å². The summed E-state index contributed by atoms with van der Waals surface area (Å²) in [5, 5.41) is 0. The van der Waals surface area contributed by atoms with Gasteiger partial charge in [-0.25, -0.2) is 0 Å². The second kappa shape index (κ2) is 6.04. The van der Waals surface area contributed by atoms with Crippen LogP contribution in [0.15, 0.2) is 6.07 Å². The first kappa shape index (κ1) is 14.0. The molecule has 0 spiro atoms. The van der Waals surface area contributed by atoms with Crippen molar-refractivity contribution < 1.29 is 4.79 Å². The molecule has 0 saturated heterocycles. The maximum absolute atomic E-state index is 11.9. The van der Waals surface area contributed by atoms with Crippen LogP contribution >= 0.6 is 0 Å². The van der Waals surface area contributed by atoms with Crippen LogP contribution in [0.3, 0.4) is 0 Å². The van der Waals surface area contributed by atoms with Crippen LogP contribution in [0.5, 0.6) is 0 Å². The van der Waals surface area contributed by atoms with Gasteiger partial charge in [-0.2, -0.15) is 9.97 Å². The number of nitrogens with zero attached hydrogens (tertiary/aromatic N) is 4. The number of hydrogen-bond acceptors (Lipinski definition) is 6. The van der Waals surface area contributed by atoms with E-state index in [1.54, 1.807) is 22.9 Å². The summed E-state index contributed by atoms with van der Waals surface area (Å²) in [5.41, 5.74) is 11.1. The zero-order valence-electron chi connectivity index (χ0n) is 11.1. The van der Waals surface area contributed by atoms with Crippen LogP contribution in [0.1, 0.15) is 13.8 Å². The Morgan fingerprint density at radius 3 is 2.39 bits per heavy atom. The molecule has 0 fully saturated rings. The molecular weight excluding hydrogens is 232 g/mol. The van der Waals surface area contributed by atoms with E-state index in [0.717, 1.165) is 0 Å². The highest BCUT2D eigenvalue weighted by molar-refractivity contribution is 5.81. The summed E-state index contributed by atoms with van der Waals surface area (Å²) in [4.78, 5) is 23.2. The summed E-state index contributed by atoms with van der Waals surface area (Å²) in [6.07, 6.45) is 0. The van der Waals surface area contributed by atoms with E-state index < -0.39 is 0 Å². The number of amides is 1. The van der Waals surface area contributed by atoms with Gasteiger partial charge in [-0.3, -0.25) is 4.79 Å². The number of nitrogen functional groups attached to an aromatic ring is 2. The predicted octanol–water partition coefficient (Wildman–Crippen LogP) is -0.0544. The Kier molecular flexibility index (Phi) is 4.70. The minimum atomic E-state index is 0.0401. The summed E-state index contributed by atoms with van der Waals surface area (Å²) in [5.74, 6) is 0.977. The number of aromatic nitrogens is 2. The largest absolute Gasteiger partial charge is 0.383 e. The van der Waals surface area contributed by atoms with Gasteiger partial charge in [0.2, 0.25) is 11.9 Å². The Bertz CT molecular complexity index is 398. The normalized spacial score (nSPS) is 10.2. The first-order valence-electron chi connectivity index (χ1n) is 5.86. The van der Waals surface area contributed by atoms with Crippen molar-refractivity contribution in [3.63, 3.8) is 0 Å². The summed E-state index contributed by atoms with van der Waals surface area (Å²) < 4.78 is 0. The van der Waals surface area contributed by atoms with Crippen molar-refractivity contribution in [3.05, 3.63) is 6.07 Å². The number of anilines is 3. The lowest BCUT2D eigenvalue weighted by molar-refractivity contribution is -0.129. The number of rotatable bonds is 5. The highest BCUT2D eigenvalue weighted by atomic mass is 16.2. The van der Waals surface area contributed by atoms with E-state index in [2.05, 4.69) is 9.97 Å². The lowest BCUT2D eigenvalue weighted by Crippen LogP contribution is -2.39. The second-order valence-corrected chi connectivity index (χ2v) is 3.93. The third kappa shape index (κ3) is 3.47. The molecule has 0 aliphatic rings. The fourth-order valence-electron chi connectivity index (χ4n) is 1.63. The molecule has 1 rings (SSSR count). The Labute approximate surface area is 107 Å². The summed E-state index contributed by atoms with van der Waals surface area (Å²) >= 11 is 0. The molecule has 7 heteroatoms. The monoisotopic (exact) mass is 252 g/mol. The van der Waals surface area contributed by atoms with Crippen molar-refractivity contribution in [1.82, 2.24) is 14.9 Å². The highest BCUT2D eigenvalue weighted by Crippen LogP contribution is 2.13. The Morgan fingerprint density at radius 2 is 1.89 bits per heavy atom. The van der Waals surface area contributed by atoms with Crippen molar-refractivity contribution in [2.75, 3.05) is 43.0 Å². The molecule has 1 heterocycles. The SMILES string of the molecule is CCN(CC)C(=O)CN(C)c1cc(N)nc(N)n1. The van der Waals surface area contributed by atoms with Crippen LogP contribution in [0.25, 0.3) is 0 Å². The fourth-order valence-corrected chi connectivity index (χ4v) is 1.63. The Hall–Kier alpha value is -2.05. The van der Waals surface area contributed by atoms with Gasteiger partial charge < -0.3 is 21.3 Å². The molecule has 4 N–H and O–H groups in total. The van der Waals surface area contributed by atoms with Gasteiger partial charge in [0, 0.05) is 26.2 Å². The van der Waals surface area contributed by atoms with Gasteiger partial charge in [0.1, 0.15) is 11.6 Å². The Balaban J connectivity index is 2.75. The van der Waals surface area contributed by atoms with E-state index in [1.165, 1.54) is 0 Å².